The van der Waals surface area contributed by atoms with E-state index in [-0.39, 0.29) is 12.1 Å². The normalized spacial score (nSPS) is 20.0. The third-order valence-corrected chi connectivity index (χ3v) is 4.77. The molecule has 1 atom stereocenters. The third kappa shape index (κ3) is 2.41. The smallest absolute Gasteiger partial charge is 0.320 e. The van der Waals surface area contributed by atoms with Crippen molar-refractivity contribution < 1.29 is 4.79 Å². The number of anilines is 1. The van der Waals surface area contributed by atoms with E-state index in [0.717, 1.165) is 30.5 Å². The van der Waals surface area contributed by atoms with Gasteiger partial charge in [-0.05, 0) is 31.4 Å². The number of nitrogens with zero attached hydrogens (tertiary/aromatic N) is 4. The molecule has 2 aliphatic heterocycles. The Morgan fingerprint density at radius 3 is 2.92 bits per heavy atom. The number of carbonyl (C=O) groups is 1. The Bertz CT molecular complexity index is 812. The molecule has 2 aromatic heterocycles. The van der Waals surface area contributed by atoms with Gasteiger partial charge in [0.1, 0.15) is 0 Å². The monoisotopic (exact) mass is 318 g/mol. The van der Waals surface area contributed by atoms with Crippen LogP contribution in [0, 0.1) is 12.3 Å². The number of hydrogen-bond acceptors (Lipinski definition) is 3. The predicted octanol–water partition coefficient (Wildman–Crippen LogP) is 2.92. The van der Waals surface area contributed by atoms with E-state index in [2.05, 4.69) is 15.9 Å². The van der Waals surface area contributed by atoms with Crippen LogP contribution < -0.4 is 4.90 Å². The number of carbonyl (C=O) groups excluding carboxylic acids is 1. The van der Waals surface area contributed by atoms with Crippen molar-refractivity contribution in [2.75, 3.05) is 18.0 Å². The molecule has 4 rings (SSSR count). The molecule has 5 heteroatoms. The zero-order valence-corrected chi connectivity index (χ0v) is 13.4. The van der Waals surface area contributed by atoms with E-state index in [1.807, 2.05) is 23.1 Å². The number of amides is 2. The molecule has 2 aliphatic rings. The minimum absolute atomic E-state index is 0.0258. The molecule has 0 spiro atoms. The van der Waals surface area contributed by atoms with Crippen LogP contribution in [0.3, 0.4) is 0 Å². The average molecular weight is 318 g/mol. The van der Waals surface area contributed by atoms with E-state index >= 15 is 0 Å². The summed E-state index contributed by atoms with van der Waals surface area (Å²) in [5, 5.41) is 0. The molecule has 0 saturated carbocycles. The van der Waals surface area contributed by atoms with Crippen molar-refractivity contribution in [3.8, 4) is 23.5 Å². The Morgan fingerprint density at radius 1 is 1.25 bits per heavy atom. The molecule has 0 aliphatic carbocycles. The van der Waals surface area contributed by atoms with Crippen molar-refractivity contribution in [3.05, 3.63) is 42.4 Å². The van der Waals surface area contributed by atoms with Gasteiger partial charge < -0.3 is 4.90 Å². The van der Waals surface area contributed by atoms with Crippen LogP contribution in [0.25, 0.3) is 11.1 Å². The van der Waals surface area contributed by atoms with Crippen LogP contribution >= 0.6 is 0 Å². The first-order valence-electron chi connectivity index (χ1n) is 8.23. The summed E-state index contributed by atoms with van der Waals surface area (Å²) < 4.78 is 0. The van der Waals surface area contributed by atoms with Gasteiger partial charge in [-0.25, -0.2) is 9.78 Å². The molecule has 4 heterocycles. The molecule has 120 valence electrons. The molecule has 2 saturated heterocycles. The van der Waals surface area contributed by atoms with Gasteiger partial charge in [0.25, 0.3) is 0 Å². The molecular weight excluding hydrogens is 300 g/mol. The largest absolute Gasteiger partial charge is 0.326 e. The maximum Gasteiger partial charge on any atom is 0.326 e. The van der Waals surface area contributed by atoms with Crippen molar-refractivity contribution in [1.29, 1.82) is 0 Å². The van der Waals surface area contributed by atoms with Gasteiger partial charge in [0.15, 0.2) is 5.82 Å². The van der Waals surface area contributed by atoms with Crippen molar-refractivity contribution in [3.63, 3.8) is 0 Å². The second-order valence-corrected chi connectivity index (χ2v) is 6.22. The summed E-state index contributed by atoms with van der Waals surface area (Å²) >= 11 is 0. The first-order chi connectivity index (χ1) is 11.8. The average Bonchev–Trinajstić information content (AvgIpc) is 2.99. The topological polar surface area (TPSA) is 49.3 Å². The lowest BCUT2D eigenvalue weighted by molar-refractivity contribution is 0.187. The van der Waals surface area contributed by atoms with Gasteiger partial charge in [0.05, 0.1) is 11.6 Å². The Labute approximate surface area is 141 Å². The minimum atomic E-state index is 0.0258. The van der Waals surface area contributed by atoms with Crippen LogP contribution in [0.4, 0.5) is 10.6 Å². The number of fused-ring (bicyclic) bond motifs is 1. The summed E-state index contributed by atoms with van der Waals surface area (Å²) in [6.07, 6.45) is 14.3. The highest BCUT2D eigenvalue weighted by molar-refractivity contribution is 5.95. The number of hydrogen-bond donors (Lipinski definition) is 0. The maximum atomic E-state index is 12.7. The van der Waals surface area contributed by atoms with E-state index in [1.165, 1.54) is 6.42 Å². The van der Waals surface area contributed by atoms with Crippen LogP contribution in [0.5, 0.6) is 0 Å². The number of rotatable bonds is 2. The van der Waals surface area contributed by atoms with Gasteiger partial charge in [-0.1, -0.05) is 12.0 Å². The van der Waals surface area contributed by atoms with Crippen molar-refractivity contribution >= 4 is 11.8 Å². The second kappa shape index (κ2) is 5.97. The van der Waals surface area contributed by atoms with Crippen LogP contribution in [0.2, 0.25) is 0 Å². The van der Waals surface area contributed by atoms with E-state index in [4.69, 9.17) is 6.42 Å². The fourth-order valence-electron chi connectivity index (χ4n) is 3.53. The van der Waals surface area contributed by atoms with Crippen molar-refractivity contribution in [1.82, 2.24) is 14.9 Å². The van der Waals surface area contributed by atoms with Crippen molar-refractivity contribution in [2.24, 2.45) is 0 Å². The molecule has 2 amide bonds. The molecule has 0 radical (unpaired) electrons. The quantitative estimate of drug-likeness (QED) is 0.800. The minimum Gasteiger partial charge on any atom is -0.320 e. The van der Waals surface area contributed by atoms with Gasteiger partial charge in [0.2, 0.25) is 0 Å². The summed E-state index contributed by atoms with van der Waals surface area (Å²) in [6.45, 7) is 1.51. The highest BCUT2D eigenvalue weighted by Crippen LogP contribution is 2.31. The molecule has 2 fully saturated rings. The number of piperidine rings is 1. The first kappa shape index (κ1) is 14.7. The summed E-state index contributed by atoms with van der Waals surface area (Å²) in [7, 11) is 0. The van der Waals surface area contributed by atoms with Crippen molar-refractivity contribution in [2.45, 2.75) is 25.3 Å². The molecule has 0 N–H and O–H groups in total. The Kier molecular flexibility index (Phi) is 3.66. The van der Waals surface area contributed by atoms with Crippen LogP contribution in [-0.2, 0) is 0 Å². The van der Waals surface area contributed by atoms with Gasteiger partial charge >= 0.3 is 6.03 Å². The molecule has 1 unspecified atom stereocenters. The summed E-state index contributed by atoms with van der Waals surface area (Å²) in [5.41, 5.74) is 2.51. The lowest BCUT2D eigenvalue weighted by Gasteiger charge is -2.27. The van der Waals surface area contributed by atoms with Crippen LogP contribution in [-0.4, -0.2) is 40.0 Å². The molecular formula is C19H18N4O. The lowest BCUT2D eigenvalue weighted by Crippen LogP contribution is -2.38. The lowest BCUT2D eigenvalue weighted by atomic mass is 10.0. The third-order valence-electron chi connectivity index (χ3n) is 4.77. The molecule has 0 bridgehead atoms. The van der Waals surface area contributed by atoms with Gasteiger partial charge in [-0.3, -0.25) is 9.88 Å². The molecule has 0 aromatic carbocycles. The SMILES string of the molecule is C#Cc1cc(-c2cccnc2)cnc1N1CC2CCCCN2C1=O. The highest BCUT2D eigenvalue weighted by Gasteiger charge is 2.40. The van der Waals surface area contributed by atoms with Gasteiger partial charge in [-0.15, -0.1) is 6.42 Å². The Hall–Kier alpha value is -2.87. The maximum absolute atomic E-state index is 12.7. The standard InChI is InChI=1S/C19H18N4O/c1-2-14-10-16(15-6-5-8-20-11-15)12-21-18(14)23-13-17-7-3-4-9-22(17)19(23)24/h1,5-6,8,10-12,17H,3-4,7,9,13H2. The van der Waals surface area contributed by atoms with E-state index in [9.17, 15) is 4.79 Å². The Balaban J connectivity index is 1.69. The van der Waals surface area contributed by atoms with E-state index in [1.54, 1.807) is 23.5 Å². The zero-order chi connectivity index (χ0) is 16.5. The second-order valence-electron chi connectivity index (χ2n) is 6.22. The van der Waals surface area contributed by atoms with Gasteiger partial charge in [0, 0.05) is 42.8 Å². The number of urea groups is 1. The first-order valence-corrected chi connectivity index (χ1v) is 8.23. The highest BCUT2D eigenvalue weighted by atomic mass is 16.2. The zero-order valence-electron chi connectivity index (χ0n) is 13.4. The summed E-state index contributed by atoms with van der Waals surface area (Å²) in [4.78, 5) is 25.0. The predicted molar refractivity (Wildman–Crippen MR) is 92.5 cm³/mol. The summed E-state index contributed by atoms with van der Waals surface area (Å²) in [5.74, 6) is 3.28. The molecule has 24 heavy (non-hydrogen) atoms. The van der Waals surface area contributed by atoms with Gasteiger partial charge in [-0.2, -0.15) is 0 Å². The summed E-state index contributed by atoms with van der Waals surface area (Å²) in [6, 6.07) is 6.06. The number of aromatic nitrogens is 2. The number of pyridine rings is 2. The Morgan fingerprint density at radius 2 is 2.17 bits per heavy atom. The fourth-order valence-corrected chi connectivity index (χ4v) is 3.53. The number of terminal acetylenes is 1. The van der Waals surface area contributed by atoms with E-state index < -0.39 is 0 Å². The van der Waals surface area contributed by atoms with Crippen LogP contribution in [0.1, 0.15) is 24.8 Å². The van der Waals surface area contributed by atoms with Crippen LogP contribution in [0.15, 0.2) is 36.8 Å². The molecule has 2 aromatic rings. The van der Waals surface area contributed by atoms with E-state index in [0.29, 0.717) is 17.9 Å². The fraction of sp³-hybridized carbons (Fsp3) is 0.316. The molecule has 5 nitrogen and oxygen atoms in total.